The highest BCUT2D eigenvalue weighted by Crippen LogP contribution is 2.22. The Hall–Kier alpha value is -2.14. The number of benzene rings is 1. The SMILES string of the molecule is Cc1cc(C(=O)NCCC(C)C)nc(Nc2ccc(C)c(Cl)c2)n1. The van der Waals surface area contributed by atoms with Gasteiger partial charge in [0.15, 0.2) is 0 Å². The number of amides is 1. The van der Waals surface area contributed by atoms with Gasteiger partial charge in [0, 0.05) is 22.9 Å². The van der Waals surface area contributed by atoms with Crippen molar-refractivity contribution in [1.29, 1.82) is 0 Å². The Bertz CT molecular complexity index is 731. The first-order chi connectivity index (χ1) is 11.3. The lowest BCUT2D eigenvalue weighted by Gasteiger charge is -2.10. The van der Waals surface area contributed by atoms with Gasteiger partial charge in [-0.05, 0) is 49.9 Å². The summed E-state index contributed by atoms with van der Waals surface area (Å²) >= 11 is 6.13. The summed E-state index contributed by atoms with van der Waals surface area (Å²) in [5, 5.41) is 6.65. The Kier molecular flexibility index (Phi) is 6.15. The molecule has 128 valence electrons. The molecule has 0 atom stereocenters. The number of halogens is 1. The summed E-state index contributed by atoms with van der Waals surface area (Å²) < 4.78 is 0. The van der Waals surface area contributed by atoms with Crippen LogP contribution < -0.4 is 10.6 Å². The number of aryl methyl sites for hydroxylation is 2. The second kappa shape index (κ2) is 8.11. The molecular weight excluding hydrogens is 324 g/mol. The third-order valence-corrected chi connectivity index (χ3v) is 3.93. The second-order valence-corrected chi connectivity index (χ2v) is 6.65. The number of carbonyl (C=O) groups is 1. The smallest absolute Gasteiger partial charge is 0.270 e. The average Bonchev–Trinajstić information content (AvgIpc) is 2.50. The van der Waals surface area contributed by atoms with Gasteiger partial charge in [0.1, 0.15) is 5.69 Å². The fraction of sp³-hybridized carbons (Fsp3) is 0.389. The molecule has 2 N–H and O–H groups in total. The van der Waals surface area contributed by atoms with Gasteiger partial charge in [0.2, 0.25) is 5.95 Å². The number of aromatic nitrogens is 2. The second-order valence-electron chi connectivity index (χ2n) is 6.25. The summed E-state index contributed by atoms with van der Waals surface area (Å²) in [6, 6.07) is 7.30. The molecule has 1 aromatic heterocycles. The van der Waals surface area contributed by atoms with Gasteiger partial charge in [-0.25, -0.2) is 9.97 Å². The number of nitrogens with one attached hydrogen (secondary N) is 2. The lowest BCUT2D eigenvalue weighted by Crippen LogP contribution is -2.26. The zero-order valence-corrected chi connectivity index (χ0v) is 15.2. The van der Waals surface area contributed by atoms with Gasteiger partial charge in [-0.2, -0.15) is 0 Å². The molecule has 0 unspecified atom stereocenters. The first kappa shape index (κ1) is 18.2. The molecule has 0 aliphatic rings. The molecule has 0 bridgehead atoms. The standard InChI is InChI=1S/C18H23ClN4O/c1-11(2)7-8-20-17(24)16-9-13(4)21-18(23-16)22-14-6-5-12(3)15(19)10-14/h5-6,9-11H,7-8H2,1-4H3,(H,20,24)(H,21,22,23). The van der Waals surface area contributed by atoms with Gasteiger partial charge < -0.3 is 10.6 Å². The molecule has 0 aliphatic carbocycles. The third kappa shape index (κ3) is 5.20. The molecule has 0 aliphatic heterocycles. The van der Waals surface area contributed by atoms with E-state index in [1.54, 1.807) is 6.07 Å². The van der Waals surface area contributed by atoms with Crippen LogP contribution in [0.5, 0.6) is 0 Å². The van der Waals surface area contributed by atoms with Crippen molar-refractivity contribution in [2.45, 2.75) is 34.1 Å². The minimum Gasteiger partial charge on any atom is -0.351 e. The van der Waals surface area contributed by atoms with Crippen molar-refractivity contribution in [1.82, 2.24) is 15.3 Å². The number of carbonyl (C=O) groups excluding carboxylic acids is 1. The fourth-order valence-electron chi connectivity index (χ4n) is 2.11. The Balaban J connectivity index is 2.12. The summed E-state index contributed by atoms with van der Waals surface area (Å²) in [7, 11) is 0. The van der Waals surface area contributed by atoms with E-state index >= 15 is 0 Å². The summed E-state index contributed by atoms with van der Waals surface area (Å²) in [6.45, 7) is 8.65. The van der Waals surface area contributed by atoms with E-state index in [4.69, 9.17) is 11.6 Å². The summed E-state index contributed by atoms with van der Waals surface area (Å²) in [5.41, 5.74) is 2.85. The number of hydrogen-bond acceptors (Lipinski definition) is 4. The monoisotopic (exact) mass is 346 g/mol. The van der Waals surface area contributed by atoms with Crippen molar-refractivity contribution in [2.75, 3.05) is 11.9 Å². The van der Waals surface area contributed by atoms with E-state index in [1.165, 1.54) is 0 Å². The highest BCUT2D eigenvalue weighted by molar-refractivity contribution is 6.31. The van der Waals surface area contributed by atoms with Crippen LogP contribution in [0.4, 0.5) is 11.6 Å². The molecule has 2 rings (SSSR count). The molecule has 6 heteroatoms. The molecule has 0 spiro atoms. The molecule has 1 amide bonds. The molecular formula is C18H23ClN4O. The lowest BCUT2D eigenvalue weighted by atomic mass is 10.1. The van der Waals surface area contributed by atoms with E-state index in [1.807, 2.05) is 32.0 Å². The Morgan fingerprint density at radius 1 is 1.21 bits per heavy atom. The number of anilines is 2. The molecule has 0 saturated carbocycles. The van der Waals surface area contributed by atoms with Crippen LogP contribution in [0.1, 0.15) is 42.0 Å². The maximum absolute atomic E-state index is 12.2. The van der Waals surface area contributed by atoms with E-state index in [0.717, 1.165) is 23.4 Å². The van der Waals surface area contributed by atoms with E-state index in [2.05, 4.69) is 34.4 Å². The quantitative estimate of drug-likeness (QED) is 0.819. The van der Waals surface area contributed by atoms with Crippen LogP contribution in [0.15, 0.2) is 24.3 Å². The molecule has 1 aromatic carbocycles. The first-order valence-corrected chi connectivity index (χ1v) is 8.40. The van der Waals surface area contributed by atoms with Gasteiger partial charge in [0.05, 0.1) is 0 Å². The predicted molar refractivity (Wildman–Crippen MR) is 98.0 cm³/mol. The van der Waals surface area contributed by atoms with Gasteiger partial charge in [-0.3, -0.25) is 4.79 Å². The molecule has 0 saturated heterocycles. The topological polar surface area (TPSA) is 66.9 Å². The fourth-order valence-corrected chi connectivity index (χ4v) is 2.29. The summed E-state index contributed by atoms with van der Waals surface area (Å²) in [5.74, 6) is 0.732. The van der Waals surface area contributed by atoms with Crippen LogP contribution in [0.25, 0.3) is 0 Å². The van der Waals surface area contributed by atoms with E-state index in [0.29, 0.717) is 29.1 Å². The van der Waals surface area contributed by atoms with Crippen molar-refractivity contribution >= 4 is 29.1 Å². The van der Waals surface area contributed by atoms with Gasteiger partial charge in [0.25, 0.3) is 5.91 Å². The van der Waals surface area contributed by atoms with E-state index in [9.17, 15) is 4.79 Å². The Morgan fingerprint density at radius 3 is 2.62 bits per heavy atom. The Morgan fingerprint density at radius 2 is 1.96 bits per heavy atom. The number of hydrogen-bond donors (Lipinski definition) is 2. The van der Waals surface area contributed by atoms with Crippen molar-refractivity contribution < 1.29 is 4.79 Å². The number of rotatable bonds is 6. The van der Waals surface area contributed by atoms with E-state index in [-0.39, 0.29) is 5.91 Å². The molecule has 0 radical (unpaired) electrons. The summed E-state index contributed by atoms with van der Waals surface area (Å²) in [6.07, 6.45) is 0.933. The average molecular weight is 347 g/mol. The maximum Gasteiger partial charge on any atom is 0.270 e. The molecule has 24 heavy (non-hydrogen) atoms. The number of nitrogens with zero attached hydrogens (tertiary/aromatic N) is 2. The van der Waals surface area contributed by atoms with Crippen molar-refractivity contribution in [3.63, 3.8) is 0 Å². The predicted octanol–water partition coefficient (Wildman–Crippen LogP) is 4.27. The van der Waals surface area contributed by atoms with Crippen LogP contribution in [0.2, 0.25) is 5.02 Å². The van der Waals surface area contributed by atoms with Crippen molar-refractivity contribution in [3.05, 3.63) is 46.2 Å². The van der Waals surface area contributed by atoms with E-state index < -0.39 is 0 Å². The van der Waals surface area contributed by atoms with Crippen LogP contribution >= 0.6 is 11.6 Å². The first-order valence-electron chi connectivity index (χ1n) is 8.02. The Labute approximate surface area is 147 Å². The zero-order chi connectivity index (χ0) is 17.7. The van der Waals surface area contributed by atoms with Crippen LogP contribution in [0, 0.1) is 19.8 Å². The van der Waals surface area contributed by atoms with Crippen LogP contribution in [-0.4, -0.2) is 22.4 Å². The highest BCUT2D eigenvalue weighted by atomic mass is 35.5. The minimum atomic E-state index is -0.189. The normalized spacial score (nSPS) is 10.8. The molecule has 5 nitrogen and oxygen atoms in total. The molecule has 2 aromatic rings. The van der Waals surface area contributed by atoms with Crippen molar-refractivity contribution in [3.8, 4) is 0 Å². The lowest BCUT2D eigenvalue weighted by molar-refractivity contribution is 0.0947. The van der Waals surface area contributed by atoms with Crippen molar-refractivity contribution in [2.24, 2.45) is 5.92 Å². The van der Waals surface area contributed by atoms with Gasteiger partial charge in [-0.15, -0.1) is 0 Å². The van der Waals surface area contributed by atoms with Crippen LogP contribution in [0.3, 0.4) is 0 Å². The summed E-state index contributed by atoms with van der Waals surface area (Å²) in [4.78, 5) is 20.9. The highest BCUT2D eigenvalue weighted by Gasteiger charge is 2.11. The molecule has 1 heterocycles. The third-order valence-electron chi connectivity index (χ3n) is 3.52. The van der Waals surface area contributed by atoms with Gasteiger partial charge in [-0.1, -0.05) is 31.5 Å². The maximum atomic E-state index is 12.2. The van der Waals surface area contributed by atoms with Crippen LogP contribution in [-0.2, 0) is 0 Å². The molecule has 0 fully saturated rings. The van der Waals surface area contributed by atoms with Gasteiger partial charge >= 0.3 is 0 Å². The minimum absolute atomic E-state index is 0.189. The zero-order valence-electron chi connectivity index (χ0n) is 14.5. The largest absolute Gasteiger partial charge is 0.351 e.